The van der Waals surface area contributed by atoms with Gasteiger partial charge in [-0.1, -0.05) is 28.1 Å². The van der Waals surface area contributed by atoms with Gasteiger partial charge in [0.15, 0.2) is 0 Å². The van der Waals surface area contributed by atoms with Crippen LogP contribution in [0.1, 0.15) is 20.8 Å². The molecule has 0 spiro atoms. The highest BCUT2D eigenvalue weighted by atomic mass is 79.9. The van der Waals surface area contributed by atoms with Crippen molar-refractivity contribution in [1.29, 1.82) is 0 Å². The second kappa shape index (κ2) is 6.02. The molecule has 2 aromatic rings. The van der Waals surface area contributed by atoms with Crippen LogP contribution in [-0.4, -0.2) is 19.1 Å². The van der Waals surface area contributed by atoms with Crippen molar-refractivity contribution in [1.82, 2.24) is 4.72 Å². The van der Waals surface area contributed by atoms with Crippen molar-refractivity contribution >= 4 is 26.0 Å². The SMILES string of the molecule is CC(C)(C)NS(=O)(=O)c1cccc(-c2cc(O)cc(Br)c2)c1. The molecular formula is C16H18BrNO3S. The van der Waals surface area contributed by atoms with Gasteiger partial charge >= 0.3 is 0 Å². The first kappa shape index (κ1) is 17.0. The third-order valence-corrected chi connectivity index (χ3v) is 5.01. The maximum atomic E-state index is 12.4. The minimum atomic E-state index is -3.59. The lowest BCUT2D eigenvalue weighted by atomic mass is 10.1. The Balaban J connectivity index is 2.47. The van der Waals surface area contributed by atoms with Crippen molar-refractivity contribution < 1.29 is 13.5 Å². The molecule has 0 aliphatic carbocycles. The molecule has 0 bridgehead atoms. The summed E-state index contributed by atoms with van der Waals surface area (Å²) in [5, 5.41) is 9.68. The van der Waals surface area contributed by atoms with Gasteiger partial charge in [-0.2, -0.15) is 0 Å². The van der Waals surface area contributed by atoms with Crippen LogP contribution >= 0.6 is 15.9 Å². The largest absolute Gasteiger partial charge is 0.508 e. The standard InChI is InChI=1S/C16H18BrNO3S/c1-16(2,3)18-22(20,21)15-6-4-5-11(9-15)12-7-13(17)10-14(19)8-12/h4-10,18-19H,1-3H3. The molecule has 0 aliphatic rings. The van der Waals surface area contributed by atoms with E-state index >= 15 is 0 Å². The van der Waals surface area contributed by atoms with Crippen LogP contribution < -0.4 is 4.72 Å². The minimum absolute atomic E-state index is 0.116. The van der Waals surface area contributed by atoms with Gasteiger partial charge in [0.25, 0.3) is 0 Å². The zero-order valence-electron chi connectivity index (χ0n) is 12.6. The Kier molecular flexibility index (Phi) is 4.65. The van der Waals surface area contributed by atoms with Crippen LogP contribution in [0.2, 0.25) is 0 Å². The molecule has 0 saturated heterocycles. The molecule has 2 N–H and O–H groups in total. The highest BCUT2D eigenvalue weighted by molar-refractivity contribution is 9.10. The minimum Gasteiger partial charge on any atom is -0.508 e. The highest BCUT2D eigenvalue weighted by Gasteiger charge is 2.22. The van der Waals surface area contributed by atoms with Crippen LogP contribution in [0.4, 0.5) is 0 Å². The molecule has 22 heavy (non-hydrogen) atoms. The van der Waals surface area contributed by atoms with Gasteiger partial charge in [-0.25, -0.2) is 13.1 Å². The molecule has 2 aromatic carbocycles. The molecule has 0 aliphatic heterocycles. The Hall–Kier alpha value is -1.37. The first-order valence-electron chi connectivity index (χ1n) is 6.71. The molecule has 0 unspecified atom stereocenters. The van der Waals surface area contributed by atoms with Gasteiger partial charge in [0, 0.05) is 10.0 Å². The zero-order valence-corrected chi connectivity index (χ0v) is 15.0. The smallest absolute Gasteiger partial charge is 0.241 e. The summed E-state index contributed by atoms with van der Waals surface area (Å²) < 4.78 is 28.1. The van der Waals surface area contributed by atoms with E-state index in [-0.39, 0.29) is 10.6 Å². The molecule has 4 nitrogen and oxygen atoms in total. The number of hydrogen-bond donors (Lipinski definition) is 2. The lowest BCUT2D eigenvalue weighted by Gasteiger charge is -2.20. The molecular weight excluding hydrogens is 366 g/mol. The maximum Gasteiger partial charge on any atom is 0.241 e. The number of rotatable bonds is 3. The summed E-state index contributed by atoms with van der Waals surface area (Å²) in [5.41, 5.74) is 0.899. The van der Waals surface area contributed by atoms with Gasteiger partial charge in [-0.15, -0.1) is 0 Å². The number of phenols is 1. The Labute approximate surface area is 139 Å². The Morgan fingerprint density at radius 2 is 1.73 bits per heavy atom. The number of phenolic OH excluding ortho intramolecular Hbond substituents is 1. The average Bonchev–Trinajstić information content (AvgIpc) is 2.35. The van der Waals surface area contributed by atoms with E-state index in [1.165, 1.54) is 0 Å². The summed E-state index contributed by atoms with van der Waals surface area (Å²) in [6.45, 7) is 5.38. The van der Waals surface area contributed by atoms with Gasteiger partial charge in [0.05, 0.1) is 4.90 Å². The van der Waals surface area contributed by atoms with E-state index in [9.17, 15) is 13.5 Å². The van der Waals surface area contributed by atoms with E-state index < -0.39 is 15.6 Å². The first-order valence-corrected chi connectivity index (χ1v) is 8.98. The third kappa shape index (κ3) is 4.32. The number of hydrogen-bond acceptors (Lipinski definition) is 3. The van der Waals surface area contributed by atoms with Gasteiger partial charge in [-0.05, 0) is 62.2 Å². The fraction of sp³-hybridized carbons (Fsp3) is 0.250. The van der Waals surface area contributed by atoms with E-state index in [1.807, 2.05) is 6.07 Å². The van der Waals surface area contributed by atoms with Crippen LogP contribution in [0.15, 0.2) is 51.8 Å². The maximum absolute atomic E-state index is 12.4. The monoisotopic (exact) mass is 383 g/mol. The molecule has 0 fully saturated rings. The highest BCUT2D eigenvalue weighted by Crippen LogP contribution is 2.29. The average molecular weight is 384 g/mol. The molecule has 0 radical (unpaired) electrons. The predicted octanol–water partition coefficient (Wildman–Crippen LogP) is 3.90. The topological polar surface area (TPSA) is 66.4 Å². The summed E-state index contributed by atoms with van der Waals surface area (Å²) in [7, 11) is -3.59. The zero-order chi connectivity index (χ0) is 16.5. The Bertz CT molecular complexity index is 775. The van der Waals surface area contributed by atoms with E-state index in [0.717, 1.165) is 10.0 Å². The molecule has 0 aromatic heterocycles. The number of sulfonamides is 1. The molecule has 0 amide bonds. The molecule has 2 rings (SSSR count). The number of nitrogens with one attached hydrogen (secondary N) is 1. The van der Waals surface area contributed by atoms with Crippen molar-refractivity contribution in [3.05, 3.63) is 46.9 Å². The first-order chi connectivity index (χ1) is 10.1. The van der Waals surface area contributed by atoms with Crippen molar-refractivity contribution in [2.75, 3.05) is 0 Å². The van der Waals surface area contributed by atoms with Crippen LogP contribution in [0.25, 0.3) is 11.1 Å². The number of halogens is 1. The summed E-state index contributed by atoms with van der Waals surface area (Å²) in [6.07, 6.45) is 0. The van der Waals surface area contributed by atoms with Gasteiger partial charge < -0.3 is 5.11 Å². The van der Waals surface area contributed by atoms with Crippen molar-refractivity contribution in [3.8, 4) is 16.9 Å². The molecule has 0 atom stereocenters. The second-order valence-electron chi connectivity index (χ2n) is 6.08. The summed E-state index contributed by atoms with van der Waals surface area (Å²) in [4.78, 5) is 0.194. The van der Waals surface area contributed by atoms with Crippen LogP contribution in [0.5, 0.6) is 5.75 Å². The van der Waals surface area contributed by atoms with Crippen LogP contribution in [-0.2, 0) is 10.0 Å². The normalized spacial score (nSPS) is 12.4. The van der Waals surface area contributed by atoms with Crippen molar-refractivity contribution in [2.45, 2.75) is 31.2 Å². The molecule has 0 saturated carbocycles. The van der Waals surface area contributed by atoms with E-state index in [2.05, 4.69) is 20.7 Å². The second-order valence-corrected chi connectivity index (χ2v) is 8.68. The summed E-state index contributed by atoms with van der Waals surface area (Å²) in [6, 6.07) is 11.6. The van der Waals surface area contributed by atoms with Crippen molar-refractivity contribution in [3.63, 3.8) is 0 Å². The predicted molar refractivity (Wildman–Crippen MR) is 91.3 cm³/mol. The number of aromatic hydroxyl groups is 1. The fourth-order valence-electron chi connectivity index (χ4n) is 2.05. The fourth-order valence-corrected chi connectivity index (χ4v) is 3.99. The third-order valence-electron chi connectivity index (χ3n) is 2.80. The van der Waals surface area contributed by atoms with Gasteiger partial charge in [0.1, 0.15) is 5.75 Å². The van der Waals surface area contributed by atoms with Gasteiger partial charge in [-0.3, -0.25) is 0 Å². The Morgan fingerprint density at radius 1 is 1.05 bits per heavy atom. The quantitative estimate of drug-likeness (QED) is 0.844. The molecule has 6 heteroatoms. The summed E-state index contributed by atoms with van der Waals surface area (Å²) in [5.74, 6) is 0.116. The Morgan fingerprint density at radius 3 is 2.32 bits per heavy atom. The summed E-state index contributed by atoms with van der Waals surface area (Å²) >= 11 is 3.32. The van der Waals surface area contributed by atoms with Crippen LogP contribution in [0.3, 0.4) is 0 Å². The van der Waals surface area contributed by atoms with E-state index in [0.29, 0.717) is 5.56 Å². The molecule has 118 valence electrons. The van der Waals surface area contributed by atoms with Gasteiger partial charge in [0.2, 0.25) is 10.0 Å². The lowest BCUT2D eigenvalue weighted by molar-refractivity contribution is 0.475. The van der Waals surface area contributed by atoms with Crippen molar-refractivity contribution in [2.24, 2.45) is 0 Å². The lowest BCUT2D eigenvalue weighted by Crippen LogP contribution is -2.40. The van der Waals surface area contributed by atoms with E-state index in [1.54, 1.807) is 57.2 Å². The number of benzene rings is 2. The molecule has 0 heterocycles. The van der Waals surface area contributed by atoms with Crippen LogP contribution in [0, 0.1) is 0 Å². The van der Waals surface area contributed by atoms with E-state index in [4.69, 9.17) is 0 Å².